The van der Waals surface area contributed by atoms with E-state index in [4.69, 9.17) is 14.2 Å². The lowest BCUT2D eigenvalue weighted by molar-refractivity contribution is -0.678. The molecule has 1 amide bonds. The smallest absolute Gasteiger partial charge is 0.414 e. The van der Waals surface area contributed by atoms with E-state index in [1.54, 1.807) is 14.1 Å². The maximum absolute atomic E-state index is 11.9. The van der Waals surface area contributed by atoms with Gasteiger partial charge in [0.05, 0.1) is 18.8 Å². The molecule has 0 saturated heterocycles. The van der Waals surface area contributed by atoms with E-state index in [1.165, 1.54) is 4.90 Å². The van der Waals surface area contributed by atoms with Gasteiger partial charge in [-0.2, -0.15) is 0 Å². The topological polar surface area (TPSA) is 51.9 Å². The summed E-state index contributed by atoms with van der Waals surface area (Å²) in [6.45, 7) is 6.42. The third kappa shape index (κ3) is 3.97. The third-order valence-electron chi connectivity index (χ3n) is 3.56. The molecule has 2 heterocycles. The fourth-order valence-electron chi connectivity index (χ4n) is 2.07. The van der Waals surface area contributed by atoms with Gasteiger partial charge >= 0.3 is 6.09 Å². The standard InChI is InChI=1S/C15H23N2O4.BrH/c1-10-13(21-14(18)16(4)5)12-9-20-15(2,3)19-8-11(12)7-17(10)6;/h7H,8-9H2,1-6H3;1H/q+1;/p-1. The van der Waals surface area contributed by atoms with E-state index in [-0.39, 0.29) is 17.0 Å². The molecule has 0 atom stereocenters. The molecule has 0 aliphatic carbocycles. The Hall–Kier alpha value is -1.18. The van der Waals surface area contributed by atoms with Crippen molar-refractivity contribution in [3.05, 3.63) is 23.0 Å². The van der Waals surface area contributed by atoms with E-state index >= 15 is 0 Å². The van der Waals surface area contributed by atoms with Gasteiger partial charge in [-0.1, -0.05) is 0 Å². The van der Waals surface area contributed by atoms with Crippen LogP contribution in [0.15, 0.2) is 6.20 Å². The van der Waals surface area contributed by atoms with Crippen LogP contribution in [0.3, 0.4) is 0 Å². The van der Waals surface area contributed by atoms with Gasteiger partial charge in [-0.25, -0.2) is 9.36 Å². The minimum absolute atomic E-state index is 0. The van der Waals surface area contributed by atoms with Crippen LogP contribution in [0.4, 0.5) is 4.79 Å². The van der Waals surface area contributed by atoms with Crippen molar-refractivity contribution in [3.63, 3.8) is 0 Å². The van der Waals surface area contributed by atoms with Crippen LogP contribution in [-0.4, -0.2) is 30.9 Å². The molecular weight excluding hydrogens is 352 g/mol. The molecular formula is C15H23BrN2O4. The Bertz CT molecular complexity index is 573. The Labute approximate surface area is 141 Å². The fourth-order valence-corrected chi connectivity index (χ4v) is 2.07. The Kier molecular flexibility index (Phi) is 5.95. The zero-order valence-electron chi connectivity index (χ0n) is 13.9. The number of ether oxygens (including phenoxy) is 3. The number of aryl methyl sites for hydroxylation is 1. The van der Waals surface area contributed by atoms with Crippen LogP contribution in [0.25, 0.3) is 0 Å². The Morgan fingerprint density at radius 3 is 2.50 bits per heavy atom. The minimum Gasteiger partial charge on any atom is -1.00 e. The fraction of sp³-hybridized carbons (Fsp3) is 0.600. The van der Waals surface area contributed by atoms with E-state index in [9.17, 15) is 4.79 Å². The Balaban J connectivity index is 0.00000242. The number of carbonyl (C=O) groups excluding carboxylic acids is 1. The van der Waals surface area contributed by atoms with Crippen molar-refractivity contribution in [2.75, 3.05) is 14.1 Å². The van der Waals surface area contributed by atoms with E-state index in [0.29, 0.717) is 19.0 Å². The number of hydrogen-bond acceptors (Lipinski definition) is 4. The summed E-state index contributed by atoms with van der Waals surface area (Å²) in [7, 11) is 5.23. The predicted octanol–water partition coefficient (Wildman–Crippen LogP) is -1.33. The highest BCUT2D eigenvalue weighted by atomic mass is 79.9. The van der Waals surface area contributed by atoms with Gasteiger partial charge in [0, 0.05) is 26.6 Å². The molecule has 0 unspecified atom stereocenters. The lowest BCUT2D eigenvalue weighted by Crippen LogP contribution is -3.00. The molecule has 0 bridgehead atoms. The minimum atomic E-state index is -0.658. The zero-order valence-corrected chi connectivity index (χ0v) is 15.5. The van der Waals surface area contributed by atoms with Gasteiger partial charge in [0.1, 0.15) is 7.05 Å². The molecule has 1 aromatic rings. The monoisotopic (exact) mass is 374 g/mol. The maximum Gasteiger partial charge on any atom is 0.414 e. The lowest BCUT2D eigenvalue weighted by Gasteiger charge is -2.22. The highest BCUT2D eigenvalue weighted by Gasteiger charge is 2.30. The van der Waals surface area contributed by atoms with Gasteiger partial charge in [0.15, 0.2) is 12.0 Å². The molecule has 1 aromatic heterocycles. The molecule has 0 radical (unpaired) electrons. The van der Waals surface area contributed by atoms with E-state index in [0.717, 1.165) is 16.8 Å². The molecule has 22 heavy (non-hydrogen) atoms. The average molecular weight is 375 g/mol. The SMILES string of the molecule is Cc1c(OC(=O)N(C)C)c2c(c[n+]1C)COC(C)(C)OC2.[Br-]. The quantitative estimate of drug-likeness (QED) is 0.571. The number of rotatable bonds is 1. The second-order valence-electron chi connectivity index (χ2n) is 5.90. The van der Waals surface area contributed by atoms with Crippen molar-refractivity contribution in [3.8, 4) is 5.75 Å². The summed E-state index contributed by atoms with van der Waals surface area (Å²) < 4.78 is 19.0. The van der Waals surface area contributed by atoms with Crippen molar-refractivity contribution in [1.29, 1.82) is 0 Å². The third-order valence-corrected chi connectivity index (χ3v) is 3.56. The molecule has 1 aliphatic rings. The number of amides is 1. The molecule has 0 N–H and O–H groups in total. The first-order chi connectivity index (χ1) is 9.71. The maximum atomic E-state index is 11.9. The van der Waals surface area contributed by atoms with Crippen LogP contribution in [0.1, 0.15) is 30.7 Å². The summed E-state index contributed by atoms with van der Waals surface area (Å²) in [5, 5.41) is 0. The Morgan fingerprint density at radius 2 is 1.91 bits per heavy atom. The summed E-state index contributed by atoms with van der Waals surface area (Å²) in [6.07, 6.45) is 1.58. The van der Waals surface area contributed by atoms with E-state index in [2.05, 4.69) is 0 Å². The molecule has 0 spiro atoms. The van der Waals surface area contributed by atoms with E-state index in [1.807, 2.05) is 38.6 Å². The van der Waals surface area contributed by atoms with Crippen molar-refractivity contribution in [2.24, 2.45) is 7.05 Å². The first-order valence-electron chi connectivity index (χ1n) is 6.89. The van der Waals surface area contributed by atoms with Crippen LogP contribution >= 0.6 is 0 Å². The van der Waals surface area contributed by atoms with Gasteiger partial charge in [-0.3, -0.25) is 0 Å². The summed E-state index contributed by atoms with van der Waals surface area (Å²) in [6, 6.07) is 0. The average Bonchev–Trinajstić information content (AvgIpc) is 2.54. The molecule has 7 heteroatoms. The normalized spacial score (nSPS) is 16.1. The van der Waals surface area contributed by atoms with Gasteiger partial charge < -0.3 is 36.1 Å². The second kappa shape index (κ2) is 6.93. The van der Waals surface area contributed by atoms with Gasteiger partial charge in [-0.15, -0.1) is 0 Å². The van der Waals surface area contributed by atoms with Crippen LogP contribution in [-0.2, 0) is 29.7 Å². The number of carbonyl (C=O) groups is 1. The number of hydrogen-bond donors (Lipinski definition) is 0. The summed E-state index contributed by atoms with van der Waals surface area (Å²) in [5.74, 6) is -0.107. The number of halogens is 1. The number of fused-ring (bicyclic) bond motifs is 1. The van der Waals surface area contributed by atoms with Crippen LogP contribution < -0.4 is 26.3 Å². The van der Waals surface area contributed by atoms with E-state index < -0.39 is 11.9 Å². The first kappa shape index (κ1) is 18.9. The number of pyridine rings is 1. The largest absolute Gasteiger partial charge is 1.00 e. The highest BCUT2D eigenvalue weighted by molar-refractivity contribution is 5.70. The highest BCUT2D eigenvalue weighted by Crippen LogP contribution is 2.31. The van der Waals surface area contributed by atoms with Crippen molar-refractivity contribution >= 4 is 6.09 Å². The molecule has 0 saturated carbocycles. The van der Waals surface area contributed by atoms with Crippen LogP contribution in [0.5, 0.6) is 5.75 Å². The molecule has 0 aromatic carbocycles. The number of nitrogens with zero attached hydrogens (tertiary/aromatic N) is 2. The summed E-state index contributed by atoms with van der Waals surface area (Å²) in [5.41, 5.74) is 2.70. The van der Waals surface area contributed by atoms with Crippen molar-refractivity contribution in [2.45, 2.75) is 39.8 Å². The summed E-state index contributed by atoms with van der Waals surface area (Å²) in [4.78, 5) is 13.3. The van der Waals surface area contributed by atoms with Gasteiger partial charge in [0.2, 0.25) is 11.4 Å². The summed E-state index contributed by atoms with van der Waals surface area (Å²) >= 11 is 0. The second-order valence-corrected chi connectivity index (χ2v) is 5.90. The zero-order chi connectivity index (χ0) is 15.8. The molecule has 2 rings (SSSR count). The molecule has 0 fully saturated rings. The van der Waals surface area contributed by atoms with Crippen molar-refractivity contribution in [1.82, 2.24) is 4.90 Å². The first-order valence-corrected chi connectivity index (χ1v) is 6.89. The van der Waals surface area contributed by atoms with Gasteiger partial charge in [0.25, 0.3) is 0 Å². The van der Waals surface area contributed by atoms with Crippen molar-refractivity contribution < 1.29 is 40.6 Å². The molecule has 6 nitrogen and oxygen atoms in total. The molecule has 1 aliphatic heterocycles. The lowest BCUT2D eigenvalue weighted by atomic mass is 10.1. The van der Waals surface area contributed by atoms with Gasteiger partial charge in [-0.05, 0) is 13.8 Å². The number of aromatic nitrogens is 1. The predicted molar refractivity (Wildman–Crippen MR) is 75.7 cm³/mol. The Morgan fingerprint density at radius 1 is 1.32 bits per heavy atom. The molecule has 124 valence electrons. The van der Waals surface area contributed by atoms with Crippen LogP contribution in [0, 0.1) is 6.92 Å². The van der Waals surface area contributed by atoms with Crippen LogP contribution in [0.2, 0.25) is 0 Å².